The second-order valence-corrected chi connectivity index (χ2v) is 5.51. The van der Waals surface area contributed by atoms with Gasteiger partial charge in [-0.25, -0.2) is 4.98 Å². The van der Waals surface area contributed by atoms with Gasteiger partial charge < -0.3 is 5.73 Å². The molecule has 0 saturated carbocycles. The van der Waals surface area contributed by atoms with Gasteiger partial charge in [0.1, 0.15) is 0 Å². The summed E-state index contributed by atoms with van der Waals surface area (Å²) >= 11 is 1.58. The quantitative estimate of drug-likeness (QED) is 0.886. The first-order valence-corrected chi connectivity index (χ1v) is 7.06. The van der Waals surface area contributed by atoms with Crippen LogP contribution in [-0.2, 0) is 13.1 Å². The number of anilines is 1. The smallest absolute Gasteiger partial charge is 0.180 e. The van der Waals surface area contributed by atoms with E-state index in [0.29, 0.717) is 5.13 Å². The molecule has 0 saturated heterocycles. The minimum Gasteiger partial charge on any atom is -0.375 e. The normalized spacial score (nSPS) is 10.4. The third-order valence-corrected chi connectivity index (χ3v) is 3.55. The van der Waals surface area contributed by atoms with Crippen LogP contribution in [0.2, 0.25) is 0 Å². The largest absolute Gasteiger partial charge is 0.375 e. The van der Waals surface area contributed by atoms with Crippen molar-refractivity contribution in [3.63, 3.8) is 0 Å². The Labute approximate surface area is 124 Å². The van der Waals surface area contributed by atoms with Crippen molar-refractivity contribution in [1.82, 2.24) is 9.88 Å². The van der Waals surface area contributed by atoms with E-state index in [1.165, 1.54) is 10.4 Å². The molecule has 0 unspecified atom stereocenters. The molecule has 19 heavy (non-hydrogen) atoms. The number of benzene rings is 1. The minimum atomic E-state index is 0. The van der Waals surface area contributed by atoms with Crippen molar-refractivity contribution >= 4 is 28.9 Å². The second-order valence-electron chi connectivity index (χ2n) is 4.36. The van der Waals surface area contributed by atoms with E-state index in [4.69, 9.17) is 5.73 Å². The fourth-order valence-corrected chi connectivity index (χ4v) is 2.71. The van der Waals surface area contributed by atoms with E-state index < -0.39 is 0 Å². The Bertz CT molecular complexity index is 473. The number of nitrogens with two attached hydrogens (primary N) is 1. The third-order valence-electron chi connectivity index (χ3n) is 2.74. The number of nitrogens with zero attached hydrogens (tertiary/aromatic N) is 2. The fourth-order valence-electron chi connectivity index (χ4n) is 1.99. The number of hydrogen-bond donors (Lipinski definition) is 1. The molecule has 0 radical (unpaired) electrons. The monoisotopic (exact) mass is 297 g/mol. The number of hydrogen-bond acceptors (Lipinski definition) is 4. The molecular formula is C14H20ClN3S. The molecule has 1 aromatic heterocycles. The van der Waals surface area contributed by atoms with Gasteiger partial charge in [0, 0.05) is 24.2 Å². The van der Waals surface area contributed by atoms with E-state index in [0.717, 1.165) is 26.1 Å². The van der Waals surface area contributed by atoms with Crippen molar-refractivity contribution in [2.75, 3.05) is 12.3 Å². The van der Waals surface area contributed by atoms with Crippen LogP contribution in [0.5, 0.6) is 0 Å². The maximum Gasteiger partial charge on any atom is 0.180 e. The number of nitrogen functional groups attached to an aromatic ring is 1. The predicted octanol–water partition coefficient (Wildman–Crippen LogP) is 3.56. The molecule has 2 aromatic rings. The lowest BCUT2D eigenvalue weighted by molar-refractivity contribution is 0.259. The van der Waals surface area contributed by atoms with Gasteiger partial charge in [0.2, 0.25) is 0 Å². The topological polar surface area (TPSA) is 42.2 Å². The van der Waals surface area contributed by atoms with Gasteiger partial charge >= 0.3 is 0 Å². The van der Waals surface area contributed by atoms with Crippen LogP contribution in [0.1, 0.15) is 23.8 Å². The molecule has 0 aliphatic heterocycles. The lowest BCUT2D eigenvalue weighted by atomic mass is 10.2. The van der Waals surface area contributed by atoms with E-state index in [-0.39, 0.29) is 12.4 Å². The third kappa shape index (κ3) is 5.19. The van der Waals surface area contributed by atoms with Crippen molar-refractivity contribution in [3.05, 3.63) is 47.0 Å². The van der Waals surface area contributed by atoms with E-state index >= 15 is 0 Å². The number of halogens is 1. The minimum absolute atomic E-state index is 0. The molecular weight excluding hydrogens is 278 g/mol. The predicted molar refractivity (Wildman–Crippen MR) is 84.6 cm³/mol. The standard InChI is InChI=1S/C14H19N3S.ClH/c1-2-8-17(10-12-6-4-3-5-7-12)11-13-9-16-14(15)18-13;/h3-7,9H,2,8,10-11H2,1H3,(H2,15,16);1H. The Morgan fingerprint density at radius 2 is 1.95 bits per heavy atom. The summed E-state index contributed by atoms with van der Waals surface area (Å²) in [6, 6.07) is 10.6. The van der Waals surface area contributed by atoms with Crippen molar-refractivity contribution in [1.29, 1.82) is 0 Å². The van der Waals surface area contributed by atoms with Crippen molar-refractivity contribution in [3.8, 4) is 0 Å². The van der Waals surface area contributed by atoms with Gasteiger partial charge in [-0.2, -0.15) is 0 Å². The van der Waals surface area contributed by atoms with Crippen molar-refractivity contribution in [2.24, 2.45) is 0 Å². The van der Waals surface area contributed by atoms with Crippen molar-refractivity contribution < 1.29 is 0 Å². The Kier molecular flexibility index (Phi) is 6.84. The summed E-state index contributed by atoms with van der Waals surface area (Å²) in [6.45, 7) is 5.20. The van der Waals surface area contributed by atoms with Crippen LogP contribution in [0, 0.1) is 0 Å². The SMILES string of the molecule is CCCN(Cc1ccccc1)Cc1cnc(N)s1.Cl. The summed E-state index contributed by atoms with van der Waals surface area (Å²) in [7, 11) is 0. The Morgan fingerprint density at radius 3 is 2.53 bits per heavy atom. The van der Waals surface area contributed by atoms with E-state index in [2.05, 4.69) is 47.1 Å². The first-order chi connectivity index (χ1) is 8.78. The molecule has 0 amide bonds. The van der Waals surface area contributed by atoms with Gasteiger partial charge in [0.05, 0.1) is 0 Å². The van der Waals surface area contributed by atoms with Gasteiger partial charge in [0.15, 0.2) is 5.13 Å². The average molecular weight is 298 g/mol. The molecule has 5 heteroatoms. The van der Waals surface area contributed by atoms with Crippen LogP contribution < -0.4 is 5.73 Å². The average Bonchev–Trinajstić information content (AvgIpc) is 2.76. The summed E-state index contributed by atoms with van der Waals surface area (Å²) in [5.74, 6) is 0. The van der Waals surface area contributed by atoms with Crippen LogP contribution >= 0.6 is 23.7 Å². The van der Waals surface area contributed by atoms with Crippen LogP contribution in [0.25, 0.3) is 0 Å². The van der Waals surface area contributed by atoms with Gasteiger partial charge in [-0.1, -0.05) is 37.3 Å². The highest BCUT2D eigenvalue weighted by Crippen LogP contribution is 2.18. The molecule has 0 atom stereocenters. The Morgan fingerprint density at radius 1 is 1.21 bits per heavy atom. The first kappa shape index (κ1) is 16.0. The molecule has 104 valence electrons. The summed E-state index contributed by atoms with van der Waals surface area (Å²) < 4.78 is 0. The van der Waals surface area contributed by atoms with Crippen LogP contribution in [-0.4, -0.2) is 16.4 Å². The molecule has 1 heterocycles. The number of aromatic nitrogens is 1. The first-order valence-electron chi connectivity index (χ1n) is 6.24. The highest BCUT2D eigenvalue weighted by Gasteiger charge is 2.08. The molecule has 0 aliphatic carbocycles. The maximum atomic E-state index is 5.67. The molecule has 1 aromatic carbocycles. The fraction of sp³-hybridized carbons (Fsp3) is 0.357. The number of rotatable bonds is 6. The highest BCUT2D eigenvalue weighted by atomic mass is 35.5. The number of thiazole rings is 1. The summed E-state index contributed by atoms with van der Waals surface area (Å²) in [5, 5.41) is 0.654. The van der Waals surface area contributed by atoms with Gasteiger partial charge in [-0.05, 0) is 18.5 Å². The molecule has 0 spiro atoms. The maximum absolute atomic E-state index is 5.67. The zero-order chi connectivity index (χ0) is 12.8. The zero-order valence-corrected chi connectivity index (χ0v) is 12.7. The van der Waals surface area contributed by atoms with Gasteiger partial charge in [-0.3, -0.25) is 4.90 Å². The molecule has 0 aliphatic rings. The van der Waals surface area contributed by atoms with Crippen LogP contribution in [0.3, 0.4) is 0 Å². The molecule has 2 rings (SSSR count). The lowest BCUT2D eigenvalue weighted by Crippen LogP contribution is -2.23. The van der Waals surface area contributed by atoms with Gasteiger partial charge in [-0.15, -0.1) is 23.7 Å². The van der Waals surface area contributed by atoms with E-state index in [9.17, 15) is 0 Å². The summed E-state index contributed by atoms with van der Waals surface area (Å²) in [4.78, 5) is 7.77. The summed E-state index contributed by atoms with van der Waals surface area (Å²) in [5.41, 5.74) is 7.02. The summed E-state index contributed by atoms with van der Waals surface area (Å²) in [6.07, 6.45) is 3.04. The molecule has 0 bridgehead atoms. The zero-order valence-electron chi connectivity index (χ0n) is 11.1. The molecule has 3 nitrogen and oxygen atoms in total. The molecule has 0 fully saturated rings. The van der Waals surface area contributed by atoms with Crippen LogP contribution in [0.15, 0.2) is 36.5 Å². The second kappa shape index (κ2) is 8.15. The Hall–Kier alpha value is -1.10. The highest BCUT2D eigenvalue weighted by molar-refractivity contribution is 7.15. The van der Waals surface area contributed by atoms with Crippen molar-refractivity contribution in [2.45, 2.75) is 26.4 Å². The lowest BCUT2D eigenvalue weighted by Gasteiger charge is -2.20. The van der Waals surface area contributed by atoms with Crippen LogP contribution in [0.4, 0.5) is 5.13 Å². The van der Waals surface area contributed by atoms with E-state index in [1.54, 1.807) is 11.3 Å². The van der Waals surface area contributed by atoms with E-state index in [1.807, 2.05) is 6.20 Å². The van der Waals surface area contributed by atoms with Gasteiger partial charge in [0.25, 0.3) is 0 Å². The molecule has 2 N–H and O–H groups in total. The Balaban J connectivity index is 0.00000180.